The fraction of sp³-hybridized carbons (Fsp3) is 0. The molecule has 16 heavy (non-hydrogen) atoms. The van der Waals surface area contributed by atoms with Crippen LogP contribution in [-0.4, -0.2) is 0 Å². The van der Waals surface area contributed by atoms with Gasteiger partial charge >= 0.3 is 0 Å². The first-order chi connectivity index (χ1) is 7.79. The van der Waals surface area contributed by atoms with E-state index < -0.39 is 0 Å². The summed E-state index contributed by atoms with van der Waals surface area (Å²) < 4.78 is 1.03. The molecule has 2 rings (SSSR count). The van der Waals surface area contributed by atoms with E-state index in [2.05, 4.69) is 27.3 Å². The molecule has 0 atom stereocenters. The summed E-state index contributed by atoms with van der Waals surface area (Å²) in [6, 6.07) is 17.4. The second-order valence-corrected chi connectivity index (χ2v) is 4.20. The van der Waals surface area contributed by atoms with E-state index in [1.54, 1.807) is 6.07 Å². The Kier molecular flexibility index (Phi) is 3.23. The Morgan fingerprint density at radius 2 is 1.69 bits per heavy atom. The number of benzene rings is 2. The van der Waals surface area contributed by atoms with Crippen molar-refractivity contribution in [2.24, 2.45) is 0 Å². The molecule has 0 fully saturated rings. The molecule has 2 aromatic rings. The number of nitrogens with zero attached hydrogens (tertiary/aromatic N) is 1. The molecule has 2 aromatic carbocycles. The molecule has 0 aliphatic carbocycles. The highest BCUT2D eigenvalue weighted by atomic mass is 79.9. The van der Waals surface area contributed by atoms with Crippen molar-refractivity contribution in [2.75, 3.05) is 5.32 Å². The van der Waals surface area contributed by atoms with E-state index in [9.17, 15) is 0 Å². The fourth-order valence-electron chi connectivity index (χ4n) is 1.38. The maximum absolute atomic E-state index is 8.94. The Hall–Kier alpha value is -1.79. The highest BCUT2D eigenvalue weighted by Crippen LogP contribution is 2.21. The maximum Gasteiger partial charge on any atom is 0.101 e. The van der Waals surface area contributed by atoms with Crippen LogP contribution in [0.3, 0.4) is 0 Å². The number of hydrogen-bond acceptors (Lipinski definition) is 2. The van der Waals surface area contributed by atoms with Crippen molar-refractivity contribution in [3.8, 4) is 6.07 Å². The van der Waals surface area contributed by atoms with Gasteiger partial charge in [-0.3, -0.25) is 0 Å². The van der Waals surface area contributed by atoms with Gasteiger partial charge in [0.1, 0.15) is 6.07 Å². The van der Waals surface area contributed by atoms with Crippen molar-refractivity contribution in [1.82, 2.24) is 0 Å². The summed E-state index contributed by atoms with van der Waals surface area (Å²) in [4.78, 5) is 0. The van der Waals surface area contributed by atoms with Crippen LogP contribution in [0.1, 0.15) is 5.56 Å². The van der Waals surface area contributed by atoms with Gasteiger partial charge in [-0.25, -0.2) is 0 Å². The molecule has 0 aromatic heterocycles. The first-order valence-electron chi connectivity index (χ1n) is 4.81. The number of nitriles is 1. The second kappa shape index (κ2) is 4.82. The third kappa shape index (κ3) is 2.41. The summed E-state index contributed by atoms with van der Waals surface area (Å²) in [5, 5.41) is 12.2. The van der Waals surface area contributed by atoms with E-state index in [0.717, 1.165) is 15.8 Å². The van der Waals surface area contributed by atoms with Crippen LogP contribution in [0.15, 0.2) is 53.0 Å². The van der Waals surface area contributed by atoms with Gasteiger partial charge in [-0.15, -0.1) is 0 Å². The Balaban J connectivity index is 2.27. The van der Waals surface area contributed by atoms with Crippen LogP contribution in [0.4, 0.5) is 11.4 Å². The van der Waals surface area contributed by atoms with E-state index in [1.807, 2.05) is 42.5 Å². The summed E-state index contributed by atoms with van der Waals surface area (Å²) in [5.74, 6) is 0. The summed E-state index contributed by atoms with van der Waals surface area (Å²) in [7, 11) is 0. The van der Waals surface area contributed by atoms with Crippen LogP contribution >= 0.6 is 15.9 Å². The normalized spacial score (nSPS) is 9.50. The van der Waals surface area contributed by atoms with Gasteiger partial charge in [0, 0.05) is 10.2 Å². The molecule has 1 N–H and O–H groups in total. The topological polar surface area (TPSA) is 35.8 Å². The molecule has 0 aliphatic heterocycles. The molecule has 2 nitrogen and oxygen atoms in total. The SMILES string of the molecule is N#Cc1ccccc1Nc1ccc(Br)cc1. The Morgan fingerprint density at radius 3 is 2.38 bits per heavy atom. The number of halogens is 1. The van der Waals surface area contributed by atoms with Gasteiger partial charge in [-0.1, -0.05) is 28.1 Å². The van der Waals surface area contributed by atoms with Gasteiger partial charge in [0.05, 0.1) is 11.3 Å². The number of anilines is 2. The van der Waals surface area contributed by atoms with Crippen molar-refractivity contribution < 1.29 is 0 Å². The zero-order valence-electron chi connectivity index (χ0n) is 8.44. The standard InChI is InChI=1S/C13H9BrN2/c14-11-5-7-12(8-6-11)16-13-4-2-1-3-10(13)9-15/h1-8,16H. The van der Waals surface area contributed by atoms with Crippen LogP contribution < -0.4 is 5.32 Å². The fourth-order valence-corrected chi connectivity index (χ4v) is 1.64. The Bertz CT molecular complexity index is 526. The van der Waals surface area contributed by atoms with Crippen LogP contribution in [0.25, 0.3) is 0 Å². The average molecular weight is 273 g/mol. The first kappa shape index (κ1) is 10.7. The average Bonchev–Trinajstić information content (AvgIpc) is 2.33. The summed E-state index contributed by atoms with van der Waals surface area (Å²) in [5.41, 5.74) is 2.43. The van der Waals surface area contributed by atoms with Crippen molar-refractivity contribution in [2.45, 2.75) is 0 Å². The number of nitrogens with one attached hydrogen (secondary N) is 1. The van der Waals surface area contributed by atoms with Crippen LogP contribution in [0, 0.1) is 11.3 Å². The molecule has 0 heterocycles. The van der Waals surface area contributed by atoms with Gasteiger partial charge in [0.15, 0.2) is 0 Å². The molecule has 3 heteroatoms. The molecular formula is C13H9BrN2. The molecule has 0 saturated carbocycles. The van der Waals surface area contributed by atoms with Crippen LogP contribution in [0.2, 0.25) is 0 Å². The number of hydrogen-bond donors (Lipinski definition) is 1. The summed E-state index contributed by atoms with van der Waals surface area (Å²) >= 11 is 3.38. The molecule has 0 amide bonds. The Labute approximate surface area is 103 Å². The van der Waals surface area contributed by atoms with Gasteiger partial charge in [-0.2, -0.15) is 5.26 Å². The van der Waals surface area contributed by atoms with Gasteiger partial charge < -0.3 is 5.32 Å². The molecule has 78 valence electrons. The lowest BCUT2D eigenvalue weighted by molar-refractivity contribution is 1.46. The van der Waals surface area contributed by atoms with Gasteiger partial charge in [0.2, 0.25) is 0 Å². The molecule has 0 radical (unpaired) electrons. The lowest BCUT2D eigenvalue weighted by atomic mass is 10.2. The van der Waals surface area contributed by atoms with Crippen molar-refractivity contribution in [3.05, 3.63) is 58.6 Å². The van der Waals surface area contributed by atoms with E-state index in [1.165, 1.54) is 0 Å². The van der Waals surface area contributed by atoms with Gasteiger partial charge in [0.25, 0.3) is 0 Å². The van der Waals surface area contributed by atoms with E-state index in [0.29, 0.717) is 5.56 Å². The Morgan fingerprint density at radius 1 is 1.00 bits per heavy atom. The summed E-state index contributed by atoms with van der Waals surface area (Å²) in [6.07, 6.45) is 0. The van der Waals surface area contributed by atoms with Crippen LogP contribution in [0.5, 0.6) is 0 Å². The molecular weight excluding hydrogens is 264 g/mol. The summed E-state index contributed by atoms with van der Waals surface area (Å²) in [6.45, 7) is 0. The monoisotopic (exact) mass is 272 g/mol. The molecule has 0 aliphatic rings. The van der Waals surface area contributed by atoms with Gasteiger partial charge in [-0.05, 0) is 36.4 Å². The lowest BCUT2D eigenvalue weighted by Crippen LogP contribution is -1.92. The second-order valence-electron chi connectivity index (χ2n) is 3.29. The first-order valence-corrected chi connectivity index (χ1v) is 5.60. The number of rotatable bonds is 2. The van der Waals surface area contributed by atoms with Crippen molar-refractivity contribution in [1.29, 1.82) is 5.26 Å². The van der Waals surface area contributed by atoms with E-state index in [4.69, 9.17) is 5.26 Å². The predicted molar refractivity (Wildman–Crippen MR) is 68.6 cm³/mol. The quantitative estimate of drug-likeness (QED) is 0.895. The van der Waals surface area contributed by atoms with Crippen molar-refractivity contribution in [3.63, 3.8) is 0 Å². The largest absolute Gasteiger partial charge is 0.354 e. The maximum atomic E-state index is 8.94. The third-order valence-electron chi connectivity index (χ3n) is 2.17. The predicted octanol–water partition coefficient (Wildman–Crippen LogP) is 4.06. The van der Waals surface area contributed by atoms with Crippen LogP contribution in [-0.2, 0) is 0 Å². The molecule has 0 spiro atoms. The minimum absolute atomic E-state index is 0.644. The minimum atomic E-state index is 0.644. The van der Waals surface area contributed by atoms with E-state index in [-0.39, 0.29) is 0 Å². The lowest BCUT2D eigenvalue weighted by Gasteiger charge is -2.07. The highest BCUT2D eigenvalue weighted by molar-refractivity contribution is 9.10. The minimum Gasteiger partial charge on any atom is -0.354 e. The van der Waals surface area contributed by atoms with E-state index >= 15 is 0 Å². The highest BCUT2D eigenvalue weighted by Gasteiger charge is 2.00. The van der Waals surface area contributed by atoms with Crippen molar-refractivity contribution >= 4 is 27.3 Å². The zero-order chi connectivity index (χ0) is 11.4. The third-order valence-corrected chi connectivity index (χ3v) is 2.70. The molecule has 0 bridgehead atoms. The number of para-hydroxylation sites is 1. The molecule has 0 unspecified atom stereocenters. The smallest absolute Gasteiger partial charge is 0.101 e. The molecule has 0 saturated heterocycles. The zero-order valence-corrected chi connectivity index (χ0v) is 10.0.